The molecule has 1 N–H and O–H groups in total. The molecular weight excluding hydrogens is 302 g/mol. The minimum atomic E-state index is -0.544. The van der Waals surface area contributed by atoms with Crippen molar-refractivity contribution in [1.29, 1.82) is 5.26 Å². The standard InChI is InChI=1S/C15H11N3O3S/c16-8-9-22-14-6-4-12(5-7-14)17-15(19)11-2-1-3-13(10-11)18(20)21/h1-7,10H,9H2,(H,17,19). The first-order chi connectivity index (χ1) is 10.6. The highest BCUT2D eigenvalue weighted by Crippen LogP contribution is 2.20. The van der Waals surface area contributed by atoms with E-state index in [2.05, 4.69) is 5.32 Å². The molecule has 110 valence electrons. The highest BCUT2D eigenvalue weighted by Gasteiger charge is 2.11. The number of nitro groups is 1. The quantitative estimate of drug-likeness (QED) is 0.518. The Morgan fingerprint density at radius 1 is 1.27 bits per heavy atom. The lowest BCUT2D eigenvalue weighted by Gasteiger charge is -2.06. The van der Waals surface area contributed by atoms with Gasteiger partial charge in [-0.2, -0.15) is 5.26 Å². The topological polar surface area (TPSA) is 96.0 Å². The number of thioether (sulfide) groups is 1. The van der Waals surface area contributed by atoms with Crippen LogP contribution in [0.3, 0.4) is 0 Å². The van der Waals surface area contributed by atoms with Crippen molar-refractivity contribution in [3.8, 4) is 6.07 Å². The predicted octanol–water partition coefficient (Wildman–Crippen LogP) is 3.46. The van der Waals surface area contributed by atoms with Crippen molar-refractivity contribution < 1.29 is 9.72 Å². The van der Waals surface area contributed by atoms with Crippen molar-refractivity contribution in [2.75, 3.05) is 11.1 Å². The Hall–Kier alpha value is -2.85. The lowest BCUT2D eigenvalue weighted by Crippen LogP contribution is -2.11. The second kappa shape index (κ2) is 7.24. The summed E-state index contributed by atoms with van der Waals surface area (Å²) in [6, 6.07) is 14.6. The summed E-state index contributed by atoms with van der Waals surface area (Å²) >= 11 is 1.40. The number of carbonyl (C=O) groups excluding carboxylic acids is 1. The van der Waals surface area contributed by atoms with Gasteiger partial charge in [0.05, 0.1) is 16.7 Å². The van der Waals surface area contributed by atoms with Gasteiger partial charge in [-0.3, -0.25) is 14.9 Å². The zero-order valence-corrected chi connectivity index (χ0v) is 12.2. The van der Waals surface area contributed by atoms with Gasteiger partial charge in [-0.1, -0.05) is 6.07 Å². The van der Waals surface area contributed by atoms with Gasteiger partial charge < -0.3 is 5.32 Å². The van der Waals surface area contributed by atoms with E-state index in [1.165, 1.54) is 36.0 Å². The van der Waals surface area contributed by atoms with E-state index in [0.717, 1.165) is 4.90 Å². The summed E-state index contributed by atoms with van der Waals surface area (Å²) in [5, 5.41) is 21.9. The zero-order valence-electron chi connectivity index (χ0n) is 11.4. The molecule has 22 heavy (non-hydrogen) atoms. The third-order valence-corrected chi connectivity index (χ3v) is 3.61. The Morgan fingerprint density at radius 2 is 2.00 bits per heavy atom. The second-order valence-corrected chi connectivity index (χ2v) is 5.28. The van der Waals surface area contributed by atoms with Crippen LogP contribution in [0, 0.1) is 21.4 Å². The molecule has 0 aliphatic rings. The Labute approximate surface area is 130 Å². The monoisotopic (exact) mass is 313 g/mol. The molecule has 0 saturated heterocycles. The first kappa shape index (κ1) is 15.5. The summed E-state index contributed by atoms with van der Waals surface area (Å²) in [5.74, 6) is -0.0551. The van der Waals surface area contributed by atoms with E-state index < -0.39 is 10.8 Å². The van der Waals surface area contributed by atoms with Gasteiger partial charge in [0.15, 0.2) is 0 Å². The fourth-order valence-corrected chi connectivity index (χ4v) is 2.27. The van der Waals surface area contributed by atoms with Crippen LogP contribution in [0.15, 0.2) is 53.4 Å². The van der Waals surface area contributed by atoms with Crippen LogP contribution in [0.2, 0.25) is 0 Å². The van der Waals surface area contributed by atoms with E-state index in [1.807, 2.05) is 6.07 Å². The molecule has 1 amide bonds. The number of carbonyl (C=O) groups is 1. The van der Waals surface area contributed by atoms with Crippen LogP contribution in [0.25, 0.3) is 0 Å². The molecule has 6 nitrogen and oxygen atoms in total. The number of nitrogens with one attached hydrogen (secondary N) is 1. The lowest BCUT2D eigenvalue weighted by molar-refractivity contribution is -0.384. The van der Waals surface area contributed by atoms with E-state index in [9.17, 15) is 14.9 Å². The minimum absolute atomic E-state index is 0.129. The van der Waals surface area contributed by atoms with Gasteiger partial charge in [-0.05, 0) is 30.3 Å². The van der Waals surface area contributed by atoms with Crippen molar-refractivity contribution in [1.82, 2.24) is 0 Å². The van der Waals surface area contributed by atoms with E-state index in [4.69, 9.17) is 5.26 Å². The number of amides is 1. The zero-order chi connectivity index (χ0) is 15.9. The van der Waals surface area contributed by atoms with Crippen LogP contribution in [-0.4, -0.2) is 16.6 Å². The Bertz CT molecular complexity index is 738. The van der Waals surface area contributed by atoms with Gasteiger partial charge in [0.1, 0.15) is 0 Å². The van der Waals surface area contributed by atoms with Gasteiger partial charge in [0, 0.05) is 28.3 Å². The first-order valence-corrected chi connectivity index (χ1v) is 7.24. The lowest BCUT2D eigenvalue weighted by atomic mass is 10.2. The molecule has 0 radical (unpaired) electrons. The molecule has 2 rings (SSSR count). The molecule has 0 aliphatic heterocycles. The third-order valence-electron chi connectivity index (χ3n) is 2.73. The van der Waals surface area contributed by atoms with Crippen molar-refractivity contribution in [2.24, 2.45) is 0 Å². The number of rotatable bonds is 5. The van der Waals surface area contributed by atoms with Crippen LogP contribution in [0.5, 0.6) is 0 Å². The Morgan fingerprint density at radius 3 is 2.64 bits per heavy atom. The average Bonchev–Trinajstić information content (AvgIpc) is 2.54. The largest absolute Gasteiger partial charge is 0.322 e. The van der Waals surface area contributed by atoms with Crippen molar-refractivity contribution in [2.45, 2.75) is 4.90 Å². The van der Waals surface area contributed by atoms with E-state index >= 15 is 0 Å². The van der Waals surface area contributed by atoms with Gasteiger partial charge in [-0.25, -0.2) is 0 Å². The number of anilines is 1. The molecule has 0 saturated carbocycles. The molecule has 0 aliphatic carbocycles. The molecule has 2 aromatic rings. The maximum atomic E-state index is 12.1. The van der Waals surface area contributed by atoms with E-state index in [-0.39, 0.29) is 11.3 Å². The first-order valence-electron chi connectivity index (χ1n) is 6.26. The molecule has 7 heteroatoms. The molecular formula is C15H11N3O3S. The number of nitrogens with zero attached hydrogens (tertiary/aromatic N) is 2. The summed E-state index contributed by atoms with van der Waals surface area (Å²) in [6.45, 7) is 0. The molecule has 0 spiro atoms. The summed E-state index contributed by atoms with van der Waals surface area (Å²) in [6.07, 6.45) is 0. The Balaban J connectivity index is 2.07. The number of hydrogen-bond acceptors (Lipinski definition) is 5. The highest BCUT2D eigenvalue weighted by molar-refractivity contribution is 7.99. The summed E-state index contributed by atoms with van der Waals surface area (Å²) in [7, 11) is 0. The minimum Gasteiger partial charge on any atom is -0.322 e. The molecule has 0 aromatic heterocycles. The summed E-state index contributed by atoms with van der Waals surface area (Å²) in [4.78, 5) is 23.2. The second-order valence-electron chi connectivity index (χ2n) is 4.23. The normalized spacial score (nSPS) is 9.77. The molecule has 0 atom stereocenters. The molecule has 0 bridgehead atoms. The van der Waals surface area contributed by atoms with Gasteiger partial charge in [-0.15, -0.1) is 11.8 Å². The smallest absolute Gasteiger partial charge is 0.270 e. The van der Waals surface area contributed by atoms with Crippen LogP contribution in [0.1, 0.15) is 10.4 Å². The molecule has 0 heterocycles. The van der Waals surface area contributed by atoms with E-state index in [0.29, 0.717) is 11.4 Å². The highest BCUT2D eigenvalue weighted by atomic mass is 32.2. The van der Waals surface area contributed by atoms with Gasteiger partial charge in [0.2, 0.25) is 0 Å². The molecule has 2 aromatic carbocycles. The maximum Gasteiger partial charge on any atom is 0.270 e. The molecule has 0 unspecified atom stereocenters. The van der Waals surface area contributed by atoms with Crippen molar-refractivity contribution in [3.63, 3.8) is 0 Å². The number of non-ortho nitro benzene ring substituents is 1. The number of hydrogen-bond donors (Lipinski definition) is 1. The SMILES string of the molecule is N#CCSc1ccc(NC(=O)c2cccc([N+](=O)[O-])c2)cc1. The van der Waals surface area contributed by atoms with Crippen molar-refractivity contribution in [3.05, 3.63) is 64.2 Å². The van der Waals surface area contributed by atoms with Crippen LogP contribution in [-0.2, 0) is 0 Å². The number of nitro benzene ring substituents is 1. The average molecular weight is 313 g/mol. The van der Waals surface area contributed by atoms with Crippen LogP contribution >= 0.6 is 11.8 Å². The third kappa shape index (κ3) is 4.07. The number of nitriles is 1. The summed E-state index contributed by atoms with van der Waals surface area (Å²) in [5.41, 5.74) is 0.672. The van der Waals surface area contributed by atoms with Gasteiger partial charge in [0.25, 0.3) is 11.6 Å². The van der Waals surface area contributed by atoms with Crippen LogP contribution < -0.4 is 5.32 Å². The van der Waals surface area contributed by atoms with Crippen LogP contribution in [0.4, 0.5) is 11.4 Å². The Kier molecular flexibility index (Phi) is 5.11. The van der Waals surface area contributed by atoms with E-state index in [1.54, 1.807) is 24.3 Å². The fourth-order valence-electron chi connectivity index (χ4n) is 1.71. The predicted molar refractivity (Wildman–Crippen MR) is 83.8 cm³/mol. The van der Waals surface area contributed by atoms with Gasteiger partial charge >= 0.3 is 0 Å². The maximum absolute atomic E-state index is 12.1. The van der Waals surface area contributed by atoms with Crippen molar-refractivity contribution >= 4 is 29.0 Å². The fraction of sp³-hybridized carbons (Fsp3) is 0.0667. The number of benzene rings is 2. The molecule has 0 fully saturated rings. The summed E-state index contributed by atoms with van der Waals surface area (Å²) < 4.78 is 0.